The van der Waals surface area contributed by atoms with Crippen molar-refractivity contribution in [1.29, 1.82) is 0 Å². The Balaban J connectivity index is 1.49. The van der Waals surface area contributed by atoms with E-state index in [4.69, 9.17) is 23.6 Å². The van der Waals surface area contributed by atoms with Crippen molar-refractivity contribution in [2.24, 2.45) is 4.99 Å². The SMILES string of the molecule is c1coc(CSC2=Nc3ccccc3C23COc2cc4c(cc23)OCO4)c1. The first kappa shape index (κ1) is 15.2. The molecule has 3 aromatic rings. The molecule has 0 amide bonds. The molecular formula is C21H15NO4S. The summed E-state index contributed by atoms with van der Waals surface area (Å²) >= 11 is 1.70. The van der Waals surface area contributed by atoms with E-state index in [-0.39, 0.29) is 6.79 Å². The predicted octanol–water partition coefficient (Wildman–Crippen LogP) is 4.66. The molecule has 0 saturated carbocycles. The molecule has 3 aliphatic rings. The molecular weight excluding hydrogens is 362 g/mol. The lowest BCUT2D eigenvalue weighted by Gasteiger charge is -2.25. The van der Waals surface area contributed by atoms with E-state index < -0.39 is 5.41 Å². The molecule has 1 unspecified atom stereocenters. The number of para-hydroxylation sites is 1. The molecule has 134 valence electrons. The molecule has 0 aliphatic carbocycles. The van der Waals surface area contributed by atoms with Crippen LogP contribution in [0.25, 0.3) is 0 Å². The Labute approximate surface area is 160 Å². The third-order valence-electron chi connectivity index (χ3n) is 5.26. The number of thioether (sulfide) groups is 1. The van der Waals surface area contributed by atoms with Crippen LogP contribution in [0.5, 0.6) is 17.2 Å². The van der Waals surface area contributed by atoms with Crippen LogP contribution >= 0.6 is 11.8 Å². The van der Waals surface area contributed by atoms with Gasteiger partial charge < -0.3 is 18.6 Å². The van der Waals surface area contributed by atoms with E-state index >= 15 is 0 Å². The Morgan fingerprint density at radius 3 is 2.70 bits per heavy atom. The van der Waals surface area contributed by atoms with Gasteiger partial charge in [-0.3, -0.25) is 0 Å². The third-order valence-corrected chi connectivity index (χ3v) is 6.40. The van der Waals surface area contributed by atoms with E-state index in [0.717, 1.165) is 45.1 Å². The van der Waals surface area contributed by atoms with Gasteiger partial charge in [0.2, 0.25) is 6.79 Å². The van der Waals surface area contributed by atoms with Gasteiger partial charge in [0.25, 0.3) is 0 Å². The van der Waals surface area contributed by atoms with E-state index in [1.54, 1.807) is 18.0 Å². The topological polar surface area (TPSA) is 53.2 Å². The summed E-state index contributed by atoms with van der Waals surface area (Å²) in [7, 11) is 0. The number of ether oxygens (including phenoxy) is 3. The van der Waals surface area contributed by atoms with Crippen molar-refractivity contribution in [3.05, 3.63) is 71.7 Å². The Kier molecular flexibility index (Phi) is 3.14. The minimum atomic E-state index is -0.413. The highest BCUT2D eigenvalue weighted by molar-refractivity contribution is 8.13. The van der Waals surface area contributed by atoms with Gasteiger partial charge in [-0.05, 0) is 29.8 Å². The molecule has 6 heteroatoms. The first-order valence-corrected chi connectivity index (χ1v) is 9.74. The van der Waals surface area contributed by atoms with Crippen LogP contribution < -0.4 is 14.2 Å². The molecule has 0 bridgehead atoms. The summed E-state index contributed by atoms with van der Waals surface area (Å²) < 4.78 is 22.8. The van der Waals surface area contributed by atoms with Crippen LogP contribution in [0.2, 0.25) is 0 Å². The zero-order valence-corrected chi connectivity index (χ0v) is 15.1. The highest BCUT2D eigenvalue weighted by Crippen LogP contribution is 2.56. The molecule has 1 atom stereocenters. The van der Waals surface area contributed by atoms with Crippen LogP contribution in [0.1, 0.15) is 16.9 Å². The lowest BCUT2D eigenvalue weighted by Crippen LogP contribution is -2.34. The summed E-state index contributed by atoms with van der Waals surface area (Å²) in [6, 6.07) is 16.2. The van der Waals surface area contributed by atoms with Gasteiger partial charge in [0, 0.05) is 11.6 Å². The van der Waals surface area contributed by atoms with Crippen LogP contribution in [0.3, 0.4) is 0 Å². The number of furan rings is 1. The third kappa shape index (κ3) is 2.10. The molecule has 0 radical (unpaired) electrons. The minimum Gasteiger partial charge on any atom is -0.491 e. The van der Waals surface area contributed by atoms with Crippen LogP contribution in [-0.4, -0.2) is 18.4 Å². The summed E-state index contributed by atoms with van der Waals surface area (Å²) in [6.07, 6.45) is 1.70. The average molecular weight is 377 g/mol. The van der Waals surface area contributed by atoms with Gasteiger partial charge in [0.1, 0.15) is 23.5 Å². The summed E-state index contributed by atoms with van der Waals surface area (Å²) in [5, 5.41) is 1.03. The maximum absolute atomic E-state index is 6.13. The van der Waals surface area contributed by atoms with E-state index in [2.05, 4.69) is 24.3 Å². The van der Waals surface area contributed by atoms with E-state index in [9.17, 15) is 0 Å². The molecule has 2 aromatic carbocycles. The summed E-state index contributed by atoms with van der Waals surface area (Å²) in [5.74, 6) is 3.99. The molecule has 27 heavy (non-hydrogen) atoms. The van der Waals surface area contributed by atoms with Crippen molar-refractivity contribution >= 4 is 22.5 Å². The van der Waals surface area contributed by atoms with Crippen molar-refractivity contribution in [3.63, 3.8) is 0 Å². The molecule has 3 aliphatic heterocycles. The van der Waals surface area contributed by atoms with Crippen molar-refractivity contribution in [2.45, 2.75) is 11.2 Å². The second kappa shape index (κ2) is 5.57. The molecule has 1 spiro atoms. The highest BCUT2D eigenvalue weighted by Gasteiger charge is 2.52. The molecule has 0 N–H and O–H groups in total. The Morgan fingerprint density at radius 2 is 1.81 bits per heavy atom. The molecule has 6 rings (SSSR count). The monoisotopic (exact) mass is 377 g/mol. The van der Waals surface area contributed by atoms with Gasteiger partial charge in [-0.25, -0.2) is 4.99 Å². The fourth-order valence-corrected chi connectivity index (χ4v) is 5.11. The summed E-state index contributed by atoms with van der Waals surface area (Å²) in [5.41, 5.74) is 2.84. The standard InChI is InChI=1S/C21H15NO4S/c1-2-6-16-14(5-1)21(20(22-16)27-10-13-4-3-7-23-13)11-24-17-9-19-18(8-15(17)21)25-12-26-19/h1-9H,10-12H2. The second-order valence-corrected chi connectivity index (χ2v) is 7.66. The first-order chi connectivity index (χ1) is 13.3. The smallest absolute Gasteiger partial charge is 0.231 e. The number of hydrogen-bond acceptors (Lipinski definition) is 6. The fraction of sp³-hybridized carbons (Fsp3) is 0.190. The molecule has 5 nitrogen and oxygen atoms in total. The van der Waals surface area contributed by atoms with Crippen LogP contribution in [0.4, 0.5) is 5.69 Å². The average Bonchev–Trinajstić information content (AvgIpc) is 3.47. The largest absolute Gasteiger partial charge is 0.491 e. The lowest BCUT2D eigenvalue weighted by molar-refractivity contribution is 0.173. The minimum absolute atomic E-state index is 0.246. The normalized spacial score (nSPS) is 21.1. The highest BCUT2D eigenvalue weighted by atomic mass is 32.2. The van der Waals surface area contributed by atoms with Gasteiger partial charge >= 0.3 is 0 Å². The second-order valence-electron chi connectivity index (χ2n) is 6.70. The molecule has 4 heterocycles. The lowest BCUT2D eigenvalue weighted by atomic mass is 9.77. The number of hydrogen-bond donors (Lipinski definition) is 0. The first-order valence-electron chi connectivity index (χ1n) is 8.75. The van der Waals surface area contributed by atoms with Crippen LogP contribution in [-0.2, 0) is 11.2 Å². The number of rotatable bonds is 2. The van der Waals surface area contributed by atoms with Crippen molar-refractivity contribution in [3.8, 4) is 17.2 Å². The quantitative estimate of drug-likeness (QED) is 0.650. The molecule has 1 aromatic heterocycles. The van der Waals surface area contributed by atoms with Gasteiger partial charge in [-0.1, -0.05) is 18.2 Å². The van der Waals surface area contributed by atoms with Gasteiger partial charge in [-0.15, -0.1) is 11.8 Å². The number of nitrogens with zero attached hydrogens (tertiary/aromatic N) is 1. The molecule has 0 fully saturated rings. The predicted molar refractivity (Wildman–Crippen MR) is 102 cm³/mol. The van der Waals surface area contributed by atoms with Crippen molar-refractivity contribution < 1.29 is 18.6 Å². The van der Waals surface area contributed by atoms with E-state index in [0.29, 0.717) is 6.61 Å². The van der Waals surface area contributed by atoms with Gasteiger partial charge in [-0.2, -0.15) is 0 Å². The Bertz CT molecular complexity index is 1080. The zero-order valence-electron chi connectivity index (χ0n) is 14.3. The van der Waals surface area contributed by atoms with Gasteiger partial charge in [0.15, 0.2) is 11.5 Å². The summed E-state index contributed by atoms with van der Waals surface area (Å²) in [4.78, 5) is 4.96. The maximum Gasteiger partial charge on any atom is 0.231 e. The van der Waals surface area contributed by atoms with E-state index in [1.807, 2.05) is 24.3 Å². The zero-order chi connectivity index (χ0) is 17.8. The van der Waals surface area contributed by atoms with Gasteiger partial charge in [0.05, 0.1) is 22.7 Å². The number of benzene rings is 2. The fourth-order valence-electron chi connectivity index (χ4n) is 3.98. The van der Waals surface area contributed by atoms with Crippen LogP contribution in [0.15, 0.2) is 64.2 Å². The summed E-state index contributed by atoms with van der Waals surface area (Å²) in [6.45, 7) is 0.766. The van der Waals surface area contributed by atoms with Crippen molar-refractivity contribution in [1.82, 2.24) is 0 Å². The molecule has 0 saturated heterocycles. The van der Waals surface area contributed by atoms with Crippen LogP contribution in [0, 0.1) is 0 Å². The Morgan fingerprint density at radius 1 is 0.926 bits per heavy atom. The number of aliphatic imine (C=N–C) groups is 1. The van der Waals surface area contributed by atoms with Crippen molar-refractivity contribution in [2.75, 3.05) is 13.4 Å². The Hall–Kier alpha value is -2.86. The maximum atomic E-state index is 6.13. The van der Waals surface area contributed by atoms with E-state index in [1.165, 1.54) is 5.56 Å². The number of fused-ring (bicyclic) bond motifs is 5.